The summed E-state index contributed by atoms with van der Waals surface area (Å²) >= 11 is 0. The quantitative estimate of drug-likeness (QED) is 0.557. The van der Waals surface area contributed by atoms with Crippen molar-refractivity contribution in [2.75, 3.05) is 42.6 Å². The van der Waals surface area contributed by atoms with E-state index < -0.39 is 0 Å². The maximum atomic E-state index is 12.5. The molecule has 1 saturated heterocycles. The van der Waals surface area contributed by atoms with Gasteiger partial charge in [-0.2, -0.15) is 0 Å². The van der Waals surface area contributed by atoms with Crippen molar-refractivity contribution in [1.29, 1.82) is 0 Å². The first-order valence-electron chi connectivity index (χ1n) is 10.2. The van der Waals surface area contributed by atoms with Crippen LogP contribution in [-0.4, -0.2) is 57.0 Å². The van der Waals surface area contributed by atoms with Crippen molar-refractivity contribution in [3.05, 3.63) is 59.1 Å². The molecule has 0 spiro atoms. The molecule has 8 heteroatoms. The normalized spacial score (nSPS) is 14.7. The molecular weight excluding hydrogens is 380 g/mol. The molecule has 0 unspecified atom stereocenters. The third kappa shape index (κ3) is 3.09. The zero-order valence-corrected chi connectivity index (χ0v) is 16.9. The number of rotatable bonds is 4. The topological polar surface area (TPSA) is 79.4 Å². The molecule has 1 N–H and O–H groups in total. The number of nitrogens with zero attached hydrogens (tertiary/aromatic N) is 6. The molecule has 0 aliphatic carbocycles. The Morgan fingerprint density at radius 3 is 2.53 bits per heavy atom. The van der Waals surface area contributed by atoms with Crippen LogP contribution >= 0.6 is 0 Å². The van der Waals surface area contributed by atoms with Crippen molar-refractivity contribution in [3.63, 3.8) is 0 Å². The van der Waals surface area contributed by atoms with Gasteiger partial charge in [0, 0.05) is 38.9 Å². The summed E-state index contributed by atoms with van der Waals surface area (Å²) < 4.78 is 3.60. The summed E-state index contributed by atoms with van der Waals surface area (Å²) in [4.78, 5) is 26.4. The predicted octanol–water partition coefficient (Wildman–Crippen LogP) is 1.60. The fourth-order valence-electron chi connectivity index (χ4n) is 4.19. The first kappa shape index (κ1) is 18.6. The highest BCUT2D eigenvalue weighted by Crippen LogP contribution is 2.25. The van der Waals surface area contributed by atoms with Gasteiger partial charge in [-0.25, -0.2) is 9.97 Å². The van der Waals surface area contributed by atoms with Crippen LogP contribution < -0.4 is 15.4 Å². The molecule has 8 nitrogen and oxygen atoms in total. The third-order valence-electron chi connectivity index (χ3n) is 5.84. The second-order valence-electron chi connectivity index (χ2n) is 7.60. The number of aliphatic hydroxyl groups excluding tert-OH is 1. The molecular formula is C22H24N6O2. The molecule has 0 atom stereocenters. The van der Waals surface area contributed by atoms with Gasteiger partial charge in [-0.15, -0.1) is 0 Å². The Morgan fingerprint density at radius 2 is 1.77 bits per heavy atom. The minimum Gasteiger partial charge on any atom is -0.395 e. The van der Waals surface area contributed by atoms with Crippen LogP contribution in [0.15, 0.2) is 53.6 Å². The predicted molar refractivity (Wildman–Crippen MR) is 118 cm³/mol. The lowest BCUT2D eigenvalue weighted by Crippen LogP contribution is -2.47. The largest absolute Gasteiger partial charge is 0.395 e. The Balaban J connectivity index is 1.36. The third-order valence-corrected chi connectivity index (χ3v) is 5.84. The zero-order valence-electron chi connectivity index (χ0n) is 16.9. The first-order valence-corrected chi connectivity index (χ1v) is 10.2. The molecule has 154 valence electrons. The molecule has 2 aromatic carbocycles. The molecule has 0 amide bonds. The van der Waals surface area contributed by atoms with Crippen molar-refractivity contribution in [3.8, 4) is 0 Å². The summed E-state index contributed by atoms with van der Waals surface area (Å²) in [5, 5.41) is 9.67. The molecule has 0 bridgehead atoms. The second-order valence-corrected chi connectivity index (χ2v) is 7.60. The van der Waals surface area contributed by atoms with Crippen LogP contribution in [0.2, 0.25) is 0 Å². The number of fused-ring (bicyclic) bond motifs is 2. The Labute approximate surface area is 173 Å². The van der Waals surface area contributed by atoms with Gasteiger partial charge in [-0.1, -0.05) is 12.1 Å². The first-order chi connectivity index (χ1) is 14.7. The van der Waals surface area contributed by atoms with E-state index >= 15 is 0 Å². The lowest BCUT2D eigenvalue weighted by molar-refractivity contribution is 0.274. The second kappa shape index (κ2) is 7.46. The number of hydrogen-bond donors (Lipinski definition) is 1. The number of piperazine rings is 1. The van der Waals surface area contributed by atoms with E-state index in [0.29, 0.717) is 10.9 Å². The summed E-state index contributed by atoms with van der Waals surface area (Å²) in [6.45, 7) is 3.67. The van der Waals surface area contributed by atoms with Crippen molar-refractivity contribution in [2.24, 2.45) is 7.05 Å². The highest BCUT2D eigenvalue weighted by molar-refractivity contribution is 5.82. The van der Waals surface area contributed by atoms with E-state index in [2.05, 4.69) is 32.5 Å². The summed E-state index contributed by atoms with van der Waals surface area (Å²) in [5.74, 6) is 1.00. The molecule has 5 rings (SSSR count). The van der Waals surface area contributed by atoms with Gasteiger partial charge in [0.25, 0.3) is 5.56 Å². The van der Waals surface area contributed by atoms with Crippen molar-refractivity contribution < 1.29 is 5.11 Å². The number of hydrogen-bond acceptors (Lipinski definition) is 6. The summed E-state index contributed by atoms with van der Waals surface area (Å²) in [6.07, 6.45) is 1.51. The van der Waals surface area contributed by atoms with E-state index in [0.717, 1.165) is 48.8 Å². The van der Waals surface area contributed by atoms with Gasteiger partial charge in [0.2, 0.25) is 5.95 Å². The number of aryl methyl sites for hydroxylation is 1. The molecule has 30 heavy (non-hydrogen) atoms. The summed E-state index contributed by atoms with van der Waals surface area (Å²) in [6, 6.07) is 14.0. The van der Waals surface area contributed by atoms with E-state index in [-0.39, 0.29) is 18.7 Å². The van der Waals surface area contributed by atoms with E-state index in [1.807, 2.05) is 36.4 Å². The number of para-hydroxylation sites is 2. The summed E-state index contributed by atoms with van der Waals surface area (Å²) in [5.41, 5.74) is 3.79. The van der Waals surface area contributed by atoms with Gasteiger partial charge in [0.05, 0.1) is 41.4 Å². The van der Waals surface area contributed by atoms with Gasteiger partial charge in [-0.05, 0) is 30.3 Å². The average molecular weight is 404 g/mol. The van der Waals surface area contributed by atoms with E-state index in [1.165, 1.54) is 10.9 Å². The van der Waals surface area contributed by atoms with Crippen LogP contribution in [-0.2, 0) is 13.6 Å². The molecule has 1 fully saturated rings. The van der Waals surface area contributed by atoms with Crippen LogP contribution in [0.25, 0.3) is 21.9 Å². The van der Waals surface area contributed by atoms with Crippen molar-refractivity contribution in [1.82, 2.24) is 19.1 Å². The van der Waals surface area contributed by atoms with Gasteiger partial charge in [-0.3, -0.25) is 9.36 Å². The van der Waals surface area contributed by atoms with E-state index in [9.17, 15) is 4.79 Å². The molecule has 1 aliphatic rings. The number of benzene rings is 2. The minimum atomic E-state index is -0.118. The molecule has 2 aromatic heterocycles. The Bertz CT molecular complexity index is 1270. The summed E-state index contributed by atoms with van der Waals surface area (Å²) in [7, 11) is 2.07. The Morgan fingerprint density at radius 1 is 1.00 bits per heavy atom. The fraction of sp³-hybridized carbons (Fsp3) is 0.318. The Hall–Kier alpha value is -3.39. The smallest absolute Gasteiger partial charge is 0.261 e. The zero-order chi connectivity index (χ0) is 20.7. The van der Waals surface area contributed by atoms with Crippen molar-refractivity contribution in [2.45, 2.75) is 6.54 Å². The number of imidazole rings is 1. The van der Waals surface area contributed by atoms with Crippen LogP contribution in [0.1, 0.15) is 0 Å². The molecule has 0 radical (unpaired) electrons. The highest BCUT2D eigenvalue weighted by Gasteiger charge is 2.22. The SMILES string of the molecule is Cn1c(N2CCN(c3ccc4c(=O)n(CCO)cnc4c3)CC2)nc2ccccc21. The molecule has 3 heterocycles. The van der Waals surface area contributed by atoms with Gasteiger partial charge < -0.3 is 19.5 Å². The maximum Gasteiger partial charge on any atom is 0.261 e. The molecule has 4 aromatic rings. The number of anilines is 2. The minimum absolute atomic E-state index is 0.0823. The maximum absolute atomic E-state index is 12.5. The van der Waals surface area contributed by atoms with Gasteiger partial charge in [0.15, 0.2) is 0 Å². The highest BCUT2D eigenvalue weighted by atomic mass is 16.3. The number of aromatic nitrogens is 4. The van der Waals surface area contributed by atoms with Crippen LogP contribution in [0.4, 0.5) is 11.6 Å². The Kier molecular flexibility index (Phi) is 4.63. The lowest BCUT2D eigenvalue weighted by Gasteiger charge is -2.36. The fourth-order valence-corrected chi connectivity index (χ4v) is 4.19. The van der Waals surface area contributed by atoms with E-state index in [1.54, 1.807) is 0 Å². The lowest BCUT2D eigenvalue weighted by atomic mass is 10.2. The van der Waals surface area contributed by atoms with Crippen molar-refractivity contribution >= 4 is 33.6 Å². The van der Waals surface area contributed by atoms with E-state index in [4.69, 9.17) is 10.1 Å². The van der Waals surface area contributed by atoms with Gasteiger partial charge in [0.1, 0.15) is 0 Å². The van der Waals surface area contributed by atoms with Crippen LogP contribution in [0.5, 0.6) is 0 Å². The molecule has 1 aliphatic heterocycles. The van der Waals surface area contributed by atoms with Gasteiger partial charge >= 0.3 is 0 Å². The monoisotopic (exact) mass is 404 g/mol. The standard InChI is InChI=1S/C22H24N6O2/c1-25-20-5-3-2-4-18(20)24-22(25)27-10-8-26(9-11-27)16-6-7-17-19(14-16)23-15-28(12-13-29)21(17)30/h2-7,14-15,29H,8-13H2,1H3. The number of aliphatic hydroxyl groups is 1. The van der Waals surface area contributed by atoms with Crippen LogP contribution in [0, 0.1) is 0 Å². The average Bonchev–Trinajstić information content (AvgIpc) is 3.12. The molecule has 0 saturated carbocycles. The van der Waals surface area contributed by atoms with Crippen LogP contribution in [0.3, 0.4) is 0 Å².